The molecule has 0 bridgehead atoms. The normalized spacial score (nSPS) is 10.7. The third-order valence-electron chi connectivity index (χ3n) is 1.49. The van der Waals surface area contributed by atoms with Crippen molar-refractivity contribution in [3.05, 3.63) is 0 Å². The molecule has 0 aliphatic carbocycles. The molecule has 0 rings (SSSR count). The average Bonchev–Trinajstić information content (AvgIpc) is 2.16. The Kier molecular flexibility index (Phi) is 28.5. The van der Waals surface area contributed by atoms with Crippen LogP contribution in [0.4, 0.5) is 0 Å². The molecule has 0 unspecified atom stereocenters. The standard InChI is InChI=1S/2C4H11O2PS2.2Zn/c2*1-2-3-4-9-7(5,6)8;;/h2*2-4H2,1H3,(H2,5,6,8);;/q;;2*+2/p-4. The largest absolute Gasteiger partial charge is 2.00 e. The van der Waals surface area contributed by atoms with Crippen LogP contribution in [0.15, 0.2) is 0 Å². The van der Waals surface area contributed by atoms with Gasteiger partial charge in [-0.3, -0.25) is 0 Å². The fourth-order valence-electron chi connectivity index (χ4n) is 0.641. The molecule has 0 amide bonds. The zero-order valence-electron chi connectivity index (χ0n) is 11.8. The van der Waals surface area contributed by atoms with Crippen LogP contribution in [0, 0.1) is 0 Å². The quantitative estimate of drug-likeness (QED) is 0.277. The van der Waals surface area contributed by atoms with E-state index >= 15 is 0 Å². The van der Waals surface area contributed by atoms with E-state index in [0.717, 1.165) is 48.4 Å². The van der Waals surface area contributed by atoms with E-state index in [1.807, 2.05) is 13.8 Å². The van der Waals surface area contributed by atoms with Gasteiger partial charge in [-0.2, -0.15) is 34.2 Å². The zero-order chi connectivity index (χ0) is 14.7. The Morgan fingerprint density at radius 2 is 1.00 bits per heavy atom. The van der Waals surface area contributed by atoms with Gasteiger partial charge in [0.1, 0.15) is 0 Å². The topological polar surface area (TPSA) is 92.2 Å². The van der Waals surface area contributed by atoms with E-state index in [2.05, 4.69) is 23.6 Å². The Morgan fingerprint density at radius 1 is 0.750 bits per heavy atom. The summed E-state index contributed by atoms with van der Waals surface area (Å²) in [6.07, 6.45) is 3.88. The Hall–Kier alpha value is 3.09. The van der Waals surface area contributed by atoms with E-state index in [-0.39, 0.29) is 39.0 Å². The Labute approximate surface area is 166 Å². The van der Waals surface area contributed by atoms with Crippen LogP contribution in [0.2, 0.25) is 0 Å². The fraction of sp³-hybridized carbons (Fsp3) is 1.00. The fourth-order valence-corrected chi connectivity index (χ4v) is 5.38. The first-order valence-electron chi connectivity index (χ1n) is 5.45. The minimum absolute atomic E-state index is 0. The summed E-state index contributed by atoms with van der Waals surface area (Å²) in [6, 6.07) is 0. The monoisotopic (exact) mass is 496 g/mol. The first-order chi connectivity index (χ1) is 8.12. The van der Waals surface area contributed by atoms with Crippen LogP contribution in [-0.4, -0.2) is 11.5 Å². The summed E-state index contributed by atoms with van der Waals surface area (Å²) in [5, 5.41) is 0. The predicted molar refractivity (Wildman–Crippen MR) is 83.3 cm³/mol. The second-order valence-electron chi connectivity index (χ2n) is 3.27. The minimum atomic E-state index is -3.45. The molecule has 112 valence electrons. The van der Waals surface area contributed by atoms with Crippen molar-refractivity contribution in [1.82, 2.24) is 0 Å². The summed E-state index contributed by atoms with van der Waals surface area (Å²) in [5.41, 5.74) is -6.89. The van der Waals surface area contributed by atoms with Crippen molar-refractivity contribution in [2.45, 2.75) is 39.5 Å². The number of hydrogen-bond donors (Lipinski definition) is 0. The Balaban J connectivity index is -0.000000116. The molecule has 0 aliphatic heterocycles. The molecule has 0 heterocycles. The van der Waals surface area contributed by atoms with Gasteiger partial charge in [0.05, 0.1) is 0 Å². The molecule has 0 aromatic heterocycles. The third-order valence-corrected chi connectivity index (χ3v) is 7.96. The first kappa shape index (κ1) is 30.9. The summed E-state index contributed by atoms with van der Waals surface area (Å²) in [4.78, 5) is 41.2. The smallest absolute Gasteiger partial charge is 0.825 e. The van der Waals surface area contributed by atoms with Crippen molar-refractivity contribution in [2.75, 3.05) is 11.5 Å². The van der Waals surface area contributed by atoms with Gasteiger partial charge >= 0.3 is 39.0 Å². The summed E-state index contributed by atoms with van der Waals surface area (Å²) in [7, 11) is 0. The maximum atomic E-state index is 10.3. The van der Waals surface area contributed by atoms with Crippen LogP contribution in [0.3, 0.4) is 0 Å². The van der Waals surface area contributed by atoms with E-state index in [4.69, 9.17) is 0 Å². The molecule has 0 aromatic carbocycles. The molecule has 0 aromatic rings. The van der Waals surface area contributed by atoms with Crippen molar-refractivity contribution >= 4 is 57.8 Å². The van der Waals surface area contributed by atoms with E-state index in [0.29, 0.717) is 11.5 Å². The first-order valence-corrected chi connectivity index (χ1v) is 13.9. The molecule has 0 N–H and O–H groups in total. The molecule has 0 aliphatic rings. The Bertz CT molecular complexity index is 260. The van der Waals surface area contributed by atoms with Crippen LogP contribution in [-0.2, 0) is 62.6 Å². The van der Waals surface area contributed by atoms with E-state index in [1.165, 1.54) is 0 Å². The van der Waals surface area contributed by atoms with Gasteiger partial charge in [0.25, 0.3) is 0 Å². The zero-order valence-corrected chi connectivity index (χ0v) is 22.8. The molecule has 0 saturated heterocycles. The molecule has 12 heteroatoms. The summed E-state index contributed by atoms with van der Waals surface area (Å²) in [6.45, 7) is 4.03. The minimum Gasteiger partial charge on any atom is -0.825 e. The summed E-state index contributed by atoms with van der Waals surface area (Å²) < 4.78 is 0. The van der Waals surface area contributed by atoms with E-state index in [1.54, 1.807) is 0 Å². The summed E-state index contributed by atoms with van der Waals surface area (Å²) in [5.74, 6) is 1.28. The van der Waals surface area contributed by atoms with Gasteiger partial charge in [0.2, 0.25) is 0 Å². The molecular weight excluding hydrogens is 481 g/mol. The maximum absolute atomic E-state index is 10.3. The van der Waals surface area contributed by atoms with Gasteiger partial charge in [-0.05, 0) is 24.3 Å². The van der Waals surface area contributed by atoms with Crippen LogP contribution in [0.1, 0.15) is 39.5 Å². The van der Waals surface area contributed by atoms with Gasteiger partial charge in [-0.25, -0.2) is 0 Å². The second-order valence-corrected chi connectivity index (χ2v) is 15.1. The Morgan fingerprint density at radius 3 is 1.15 bits per heavy atom. The second kappa shape index (κ2) is 18.4. The van der Waals surface area contributed by atoms with Crippen LogP contribution < -0.4 is 19.6 Å². The van der Waals surface area contributed by atoms with Crippen molar-refractivity contribution in [3.63, 3.8) is 0 Å². The van der Waals surface area contributed by atoms with Crippen molar-refractivity contribution in [2.24, 2.45) is 0 Å². The van der Waals surface area contributed by atoms with E-state index < -0.39 is 11.4 Å². The van der Waals surface area contributed by atoms with Crippen molar-refractivity contribution in [3.8, 4) is 0 Å². The molecule has 4 nitrogen and oxygen atoms in total. The van der Waals surface area contributed by atoms with Crippen molar-refractivity contribution < 1.29 is 58.5 Å². The molecule has 0 atom stereocenters. The van der Waals surface area contributed by atoms with Gasteiger partial charge in [-0.1, -0.05) is 26.7 Å². The average molecular weight is 499 g/mol. The SMILES string of the molecule is CCCCSP([O-])([O-])=S.CCCCSP([O-])([O-])=S.[Zn+2].[Zn+2]. The van der Waals surface area contributed by atoms with Gasteiger partial charge in [0, 0.05) is 0 Å². The van der Waals surface area contributed by atoms with Crippen LogP contribution >= 0.6 is 34.2 Å². The summed E-state index contributed by atoms with van der Waals surface area (Å²) >= 11 is 10.1. The van der Waals surface area contributed by atoms with E-state index in [9.17, 15) is 19.6 Å². The number of rotatable bonds is 8. The number of hydrogen-bond acceptors (Lipinski definition) is 8. The van der Waals surface area contributed by atoms with Crippen molar-refractivity contribution in [1.29, 1.82) is 0 Å². The van der Waals surface area contributed by atoms with Crippen LogP contribution in [0.5, 0.6) is 0 Å². The van der Waals surface area contributed by atoms with Gasteiger partial charge < -0.3 is 19.6 Å². The molecular formula is C8H18O4P2S4Zn2. The third kappa shape index (κ3) is 37.4. The van der Waals surface area contributed by atoms with Gasteiger partial charge in [-0.15, -0.1) is 23.6 Å². The predicted octanol–water partition coefficient (Wildman–Crippen LogP) is 0.925. The molecule has 0 fully saturated rings. The number of unbranched alkanes of at least 4 members (excludes halogenated alkanes) is 2. The maximum Gasteiger partial charge on any atom is 2.00 e. The molecule has 0 saturated carbocycles. The molecule has 20 heavy (non-hydrogen) atoms. The van der Waals surface area contributed by atoms with Crippen LogP contribution in [0.25, 0.3) is 0 Å². The van der Waals surface area contributed by atoms with Gasteiger partial charge in [0.15, 0.2) is 0 Å². The molecule has 0 radical (unpaired) electrons. The molecule has 0 spiro atoms.